The van der Waals surface area contributed by atoms with Crippen molar-refractivity contribution >= 4 is 12.1 Å². The van der Waals surface area contributed by atoms with E-state index in [1.807, 2.05) is 19.9 Å². The Morgan fingerprint density at radius 3 is 2.81 bits per heavy atom. The summed E-state index contributed by atoms with van der Waals surface area (Å²) in [4.78, 5) is 11.9. The molecule has 1 aromatic heterocycles. The van der Waals surface area contributed by atoms with Crippen molar-refractivity contribution in [3.8, 4) is 0 Å². The van der Waals surface area contributed by atoms with Gasteiger partial charge in [0.1, 0.15) is 0 Å². The number of halogens is 1. The summed E-state index contributed by atoms with van der Waals surface area (Å²) in [5, 5.41) is 7.61. The lowest BCUT2D eigenvalue weighted by Gasteiger charge is -2.03. The number of rotatable bonds is 4. The van der Waals surface area contributed by atoms with E-state index in [-0.39, 0.29) is 11.5 Å². The molecule has 0 fully saturated rings. The van der Waals surface area contributed by atoms with Crippen LogP contribution in [0.1, 0.15) is 34.0 Å². The number of nitrogens with zero attached hydrogens (tertiary/aromatic N) is 3. The minimum absolute atomic E-state index is 0.234. The molecule has 6 heteroatoms. The third kappa shape index (κ3) is 3.34. The Bertz CT molecular complexity index is 691. The summed E-state index contributed by atoms with van der Waals surface area (Å²) in [5.41, 5.74) is 5.27. The quantitative estimate of drug-likeness (QED) is 0.694. The molecule has 21 heavy (non-hydrogen) atoms. The molecule has 5 nitrogen and oxygen atoms in total. The molecule has 2 aromatic rings. The zero-order valence-corrected chi connectivity index (χ0v) is 12.2. The molecule has 0 spiro atoms. The van der Waals surface area contributed by atoms with Crippen LogP contribution >= 0.6 is 0 Å². The first kappa shape index (κ1) is 14.9. The largest absolute Gasteiger partial charge is 0.271 e. The fourth-order valence-electron chi connectivity index (χ4n) is 1.80. The number of carbonyl (C=O) groups is 1. The summed E-state index contributed by atoms with van der Waals surface area (Å²) in [6, 6.07) is 5.39. The standard InChI is InChI=1S/C15H17FN4O/c1-4-20-14(16)13(9-18-20)8-17-19-15(21)12-6-5-10(2)11(3)7-12/h5-9H,4H2,1-3H3,(H,19,21)/b17-8+. The van der Waals surface area contributed by atoms with Gasteiger partial charge in [-0.15, -0.1) is 0 Å². The minimum atomic E-state index is -0.471. The van der Waals surface area contributed by atoms with Crippen LogP contribution in [0.3, 0.4) is 0 Å². The molecule has 0 aliphatic rings. The van der Waals surface area contributed by atoms with E-state index in [9.17, 15) is 9.18 Å². The second-order valence-corrected chi connectivity index (χ2v) is 4.70. The van der Waals surface area contributed by atoms with E-state index >= 15 is 0 Å². The fraction of sp³-hybridized carbons (Fsp3) is 0.267. The number of hydrazone groups is 1. The summed E-state index contributed by atoms with van der Waals surface area (Å²) in [6.07, 6.45) is 2.61. The van der Waals surface area contributed by atoms with Gasteiger partial charge >= 0.3 is 0 Å². The average molecular weight is 288 g/mol. The first-order valence-corrected chi connectivity index (χ1v) is 6.65. The van der Waals surface area contributed by atoms with Crippen LogP contribution in [-0.4, -0.2) is 21.9 Å². The predicted molar refractivity (Wildman–Crippen MR) is 78.8 cm³/mol. The average Bonchev–Trinajstić information content (AvgIpc) is 2.82. The van der Waals surface area contributed by atoms with Crippen molar-refractivity contribution in [2.45, 2.75) is 27.3 Å². The van der Waals surface area contributed by atoms with Gasteiger partial charge < -0.3 is 0 Å². The van der Waals surface area contributed by atoms with Crippen molar-refractivity contribution in [3.05, 3.63) is 52.6 Å². The highest BCUT2D eigenvalue weighted by Gasteiger charge is 2.08. The Morgan fingerprint density at radius 1 is 1.43 bits per heavy atom. The van der Waals surface area contributed by atoms with Gasteiger partial charge in [0.15, 0.2) is 0 Å². The van der Waals surface area contributed by atoms with Gasteiger partial charge in [0, 0.05) is 12.1 Å². The van der Waals surface area contributed by atoms with Gasteiger partial charge in [0.2, 0.25) is 5.95 Å². The third-order valence-corrected chi connectivity index (χ3v) is 3.24. The van der Waals surface area contributed by atoms with Gasteiger partial charge in [0.05, 0.1) is 18.0 Å². The Balaban J connectivity index is 2.04. The molecule has 1 aromatic carbocycles. The maximum Gasteiger partial charge on any atom is 0.271 e. The van der Waals surface area contributed by atoms with Crippen molar-refractivity contribution in [2.24, 2.45) is 5.10 Å². The summed E-state index contributed by atoms with van der Waals surface area (Å²) >= 11 is 0. The smallest absolute Gasteiger partial charge is 0.267 e. The van der Waals surface area contributed by atoms with Crippen LogP contribution in [0, 0.1) is 19.8 Å². The van der Waals surface area contributed by atoms with Crippen molar-refractivity contribution in [1.82, 2.24) is 15.2 Å². The van der Waals surface area contributed by atoms with Crippen molar-refractivity contribution < 1.29 is 9.18 Å². The molecule has 0 atom stereocenters. The van der Waals surface area contributed by atoms with Crippen LogP contribution in [0.5, 0.6) is 0 Å². The second kappa shape index (κ2) is 6.30. The highest BCUT2D eigenvalue weighted by Crippen LogP contribution is 2.09. The molecule has 0 bridgehead atoms. The number of aromatic nitrogens is 2. The summed E-state index contributed by atoms with van der Waals surface area (Å²) in [5.74, 6) is -0.806. The molecular weight excluding hydrogens is 271 g/mol. The molecule has 0 radical (unpaired) electrons. The SMILES string of the molecule is CCn1ncc(/C=N/NC(=O)c2ccc(C)c(C)c2)c1F. The molecule has 0 saturated carbocycles. The van der Waals surface area contributed by atoms with Crippen molar-refractivity contribution in [3.63, 3.8) is 0 Å². The highest BCUT2D eigenvalue weighted by molar-refractivity contribution is 5.95. The second-order valence-electron chi connectivity index (χ2n) is 4.70. The van der Waals surface area contributed by atoms with Gasteiger partial charge in [-0.3, -0.25) is 4.79 Å². The maximum atomic E-state index is 13.7. The normalized spacial score (nSPS) is 11.0. The van der Waals surface area contributed by atoms with Gasteiger partial charge in [-0.2, -0.15) is 14.6 Å². The van der Waals surface area contributed by atoms with Gasteiger partial charge in [0.25, 0.3) is 5.91 Å². The Labute approximate surface area is 122 Å². The Hall–Kier alpha value is -2.50. The zero-order valence-electron chi connectivity index (χ0n) is 12.2. The number of hydrogen-bond acceptors (Lipinski definition) is 3. The molecule has 0 saturated heterocycles. The van der Waals surface area contributed by atoms with Crippen LogP contribution in [0.4, 0.5) is 4.39 Å². The Morgan fingerprint density at radius 2 is 2.19 bits per heavy atom. The summed E-state index contributed by atoms with van der Waals surface area (Å²) < 4.78 is 14.9. The topological polar surface area (TPSA) is 59.3 Å². The number of benzene rings is 1. The summed E-state index contributed by atoms with van der Waals surface area (Å²) in [7, 11) is 0. The molecular formula is C15H17FN4O. The van der Waals surface area contributed by atoms with Crippen LogP contribution in [0.15, 0.2) is 29.5 Å². The lowest BCUT2D eigenvalue weighted by Crippen LogP contribution is -2.17. The fourth-order valence-corrected chi connectivity index (χ4v) is 1.80. The van der Waals surface area contributed by atoms with E-state index in [1.54, 1.807) is 19.1 Å². The zero-order chi connectivity index (χ0) is 15.4. The van der Waals surface area contributed by atoms with Crippen LogP contribution in [0.2, 0.25) is 0 Å². The van der Waals surface area contributed by atoms with E-state index in [1.165, 1.54) is 17.1 Å². The molecule has 0 aliphatic heterocycles. The van der Waals surface area contributed by atoms with Gasteiger partial charge in [-0.05, 0) is 44.0 Å². The first-order chi connectivity index (χ1) is 10.0. The predicted octanol–water partition coefficient (Wildman–Crippen LogP) is 2.42. The van der Waals surface area contributed by atoms with Crippen LogP contribution < -0.4 is 5.43 Å². The molecule has 0 aliphatic carbocycles. The van der Waals surface area contributed by atoms with Crippen LogP contribution in [-0.2, 0) is 6.54 Å². The van der Waals surface area contributed by atoms with Gasteiger partial charge in [-0.25, -0.2) is 10.1 Å². The molecule has 0 unspecified atom stereocenters. The van der Waals surface area contributed by atoms with E-state index in [2.05, 4.69) is 15.6 Å². The van der Waals surface area contributed by atoms with E-state index < -0.39 is 5.95 Å². The maximum absolute atomic E-state index is 13.7. The van der Waals surface area contributed by atoms with E-state index in [0.29, 0.717) is 12.1 Å². The number of hydrogen-bond donors (Lipinski definition) is 1. The minimum Gasteiger partial charge on any atom is -0.267 e. The molecule has 1 N–H and O–H groups in total. The lowest BCUT2D eigenvalue weighted by molar-refractivity contribution is 0.0955. The molecule has 110 valence electrons. The Kier molecular flexibility index (Phi) is 4.47. The third-order valence-electron chi connectivity index (χ3n) is 3.24. The lowest BCUT2D eigenvalue weighted by atomic mass is 10.1. The molecule has 2 rings (SSSR count). The highest BCUT2D eigenvalue weighted by atomic mass is 19.1. The van der Waals surface area contributed by atoms with Crippen LogP contribution in [0.25, 0.3) is 0 Å². The first-order valence-electron chi connectivity index (χ1n) is 6.65. The number of amides is 1. The molecule has 1 amide bonds. The monoisotopic (exact) mass is 288 g/mol. The molecule has 1 heterocycles. The van der Waals surface area contributed by atoms with Crippen molar-refractivity contribution in [1.29, 1.82) is 0 Å². The number of aryl methyl sites for hydroxylation is 3. The van der Waals surface area contributed by atoms with Gasteiger partial charge in [-0.1, -0.05) is 6.07 Å². The number of nitrogens with one attached hydrogen (secondary N) is 1. The van der Waals surface area contributed by atoms with E-state index in [0.717, 1.165) is 11.1 Å². The van der Waals surface area contributed by atoms with Crippen molar-refractivity contribution in [2.75, 3.05) is 0 Å². The van der Waals surface area contributed by atoms with E-state index in [4.69, 9.17) is 0 Å². The summed E-state index contributed by atoms with van der Waals surface area (Å²) in [6.45, 7) is 6.14. The number of carbonyl (C=O) groups excluding carboxylic acids is 1.